The Kier molecular flexibility index (Phi) is 4.62. The maximum atomic E-state index is 4.62. The fraction of sp³-hybridized carbons (Fsp3) is 0.786. The Bertz CT molecular complexity index is 468. The van der Waals surface area contributed by atoms with E-state index in [0.29, 0.717) is 6.54 Å². The minimum absolute atomic E-state index is 0.00866. The Balaban J connectivity index is 2.07. The molecule has 0 fully saturated rings. The molecule has 2 rings (SSSR count). The number of guanidine groups is 1. The quantitative estimate of drug-likeness (QED) is 0.649. The van der Waals surface area contributed by atoms with Crippen molar-refractivity contribution in [3.05, 3.63) is 11.6 Å². The molecular formula is C14H26N6. The second-order valence-corrected chi connectivity index (χ2v) is 6.21. The first-order valence-electron chi connectivity index (χ1n) is 7.47. The predicted molar refractivity (Wildman–Crippen MR) is 80.7 cm³/mol. The summed E-state index contributed by atoms with van der Waals surface area (Å²) < 4.78 is 2.22. The summed E-state index contributed by atoms with van der Waals surface area (Å²) in [6.45, 7) is 10.9. The number of fused-ring (bicyclic) bond motifs is 1. The van der Waals surface area contributed by atoms with E-state index in [4.69, 9.17) is 0 Å². The highest BCUT2D eigenvalue weighted by Gasteiger charge is 2.16. The summed E-state index contributed by atoms with van der Waals surface area (Å²) in [5, 5.41) is 15.2. The molecule has 1 aliphatic heterocycles. The Morgan fingerprint density at radius 2 is 2.10 bits per heavy atom. The van der Waals surface area contributed by atoms with Gasteiger partial charge in [0.1, 0.15) is 12.4 Å². The van der Waals surface area contributed by atoms with Gasteiger partial charge in [0.05, 0.1) is 0 Å². The Hall–Kier alpha value is -1.59. The van der Waals surface area contributed by atoms with Crippen molar-refractivity contribution < 1.29 is 0 Å². The van der Waals surface area contributed by atoms with Crippen molar-refractivity contribution in [1.82, 2.24) is 25.4 Å². The van der Waals surface area contributed by atoms with Crippen LogP contribution in [0, 0.1) is 0 Å². The van der Waals surface area contributed by atoms with Crippen molar-refractivity contribution in [2.75, 3.05) is 6.54 Å². The van der Waals surface area contributed by atoms with E-state index in [9.17, 15) is 0 Å². The molecule has 20 heavy (non-hydrogen) atoms. The van der Waals surface area contributed by atoms with Gasteiger partial charge in [0.2, 0.25) is 0 Å². The minimum atomic E-state index is -0.00866. The first-order chi connectivity index (χ1) is 9.49. The van der Waals surface area contributed by atoms with E-state index in [-0.39, 0.29) is 5.54 Å². The molecule has 6 heteroatoms. The highest BCUT2D eigenvalue weighted by molar-refractivity contribution is 5.80. The van der Waals surface area contributed by atoms with Gasteiger partial charge in [-0.2, -0.15) is 0 Å². The molecule has 2 heterocycles. The summed E-state index contributed by atoms with van der Waals surface area (Å²) in [6, 6.07) is 0. The fourth-order valence-electron chi connectivity index (χ4n) is 2.30. The largest absolute Gasteiger partial charge is 0.357 e. The van der Waals surface area contributed by atoms with E-state index in [2.05, 4.69) is 58.1 Å². The molecule has 0 saturated carbocycles. The Labute approximate surface area is 121 Å². The highest BCUT2D eigenvalue weighted by Crippen LogP contribution is 2.14. The molecule has 0 unspecified atom stereocenters. The summed E-state index contributed by atoms with van der Waals surface area (Å²) in [5.41, 5.74) is -0.00866. The third kappa shape index (κ3) is 3.95. The van der Waals surface area contributed by atoms with Crippen molar-refractivity contribution in [2.24, 2.45) is 4.99 Å². The lowest BCUT2D eigenvalue weighted by molar-refractivity contribution is 0.497. The van der Waals surface area contributed by atoms with Crippen LogP contribution >= 0.6 is 0 Å². The maximum Gasteiger partial charge on any atom is 0.192 e. The first-order valence-corrected chi connectivity index (χ1v) is 7.47. The number of hydrogen-bond acceptors (Lipinski definition) is 3. The molecule has 1 aliphatic rings. The van der Waals surface area contributed by atoms with Crippen LogP contribution in [0.4, 0.5) is 0 Å². The van der Waals surface area contributed by atoms with E-state index in [1.807, 2.05) is 0 Å². The van der Waals surface area contributed by atoms with E-state index < -0.39 is 0 Å². The van der Waals surface area contributed by atoms with E-state index in [1.54, 1.807) is 0 Å². The van der Waals surface area contributed by atoms with Crippen LogP contribution < -0.4 is 10.6 Å². The third-order valence-electron chi connectivity index (χ3n) is 3.15. The van der Waals surface area contributed by atoms with Crippen LogP contribution in [0.15, 0.2) is 4.99 Å². The third-order valence-corrected chi connectivity index (χ3v) is 3.15. The van der Waals surface area contributed by atoms with Crippen molar-refractivity contribution in [1.29, 1.82) is 0 Å². The Morgan fingerprint density at radius 3 is 2.80 bits per heavy atom. The summed E-state index contributed by atoms with van der Waals surface area (Å²) in [5.74, 6) is 2.90. The van der Waals surface area contributed by atoms with Gasteiger partial charge in [0, 0.05) is 25.0 Å². The summed E-state index contributed by atoms with van der Waals surface area (Å²) in [4.78, 5) is 4.62. The van der Waals surface area contributed by atoms with Crippen LogP contribution in [0.3, 0.4) is 0 Å². The van der Waals surface area contributed by atoms with Crippen LogP contribution in [0.2, 0.25) is 0 Å². The predicted octanol–water partition coefficient (Wildman–Crippen LogP) is 1.47. The minimum Gasteiger partial charge on any atom is -0.357 e. The van der Waals surface area contributed by atoms with E-state index >= 15 is 0 Å². The normalized spacial score (nSPS) is 15.9. The van der Waals surface area contributed by atoms with Gasteiger partial charge in [-0.05, 0) is 40.5 Å². The Morgan fingerprint density at radius 1 is 1.30 bits per heavy atom. The zero-order valence-corrected chi connectivity index (χ0v) is 13.0. The van der Waals surface area contributed by atoms with Gasteiger partial charge >= 0.3 is 0 Å². The van der Waals surface area contributed by atoms with Crippen molar-refractivity contribution in [3.8, 4) is 0 Å². The molecule has 0 bridgehead atoms. The number of nitrogens with one attached hydrogen (secondary N) is 2. The topological polar surface area (TPSA) is 67.1 Å². The molecule has 1 aromatic heterocycles. The van der Waals surface area contributed by atoms with Crippen LogP contribution in [0.5, 0.6) is 0 Å². The molecule has 0 atom stereocenters. The molecule has 0 aliphatic carbocycles. The van der Waals surface area contributed by atoms with Crippen molar-refractivity contribution >= 4 is 5.96 Å². The monoisotopic (exact) mass is 278 g/mol. The second kappa shape index (κ2) is 6.24. The molecular weight excluding hydrogens is 252 g/mol. The number of nitrogens with zero attached hydrogens (tertiary/aromatic N) is 4. The molecule has 2 N–H and O–H groups in total. The number of aliphatic imine (C=N–C) groups is 1. The second-order valence-electron chi connectivity index (χ2n) is 6.21. The molecule has 0 spiro atoms. The van der Waals surface area contributed by atoms with Crippen LogP contribution in [0.1, 0.15) is 52.2 Å². The summed E-state index contributed by atoms with van der Waals surface area (Å²) >= 11 is 0. The molecule has 6 nitrogen and oxygen atoms in total. The van der Waals surface area contributed by atoms with Gasteiger partial charge in [-0.15, -0.1) is 10.2 Å². The van der Waals surface area contributed by atoms with Gasteiger partial charge in [-0.25, -0.2) is 4.99 Å². The van der Waals surface area contributed by atoms with E-state index in [0.717, 1.165) is 37.1 Å². The number of aromatic nitrogens is 3. The van der Waals surface area contributed by atoms with Crippen LogP contribution in [-0.2, 0) is 19.5 Å². The lowest BCUT2D eigenvalue weighted by Gasteiger charge is -2.23. The zero-order valence-electron chi connectivity index (χ0n) is 13.0. The van der Waals surface area contributed by atoms with Gasteiger partial charge in [0.25, 0.3) is 0 Å². The summed E-state index contributed by atoms with van der Waals surface area (Å²) in [7, 11) is 0. The van der Waals surface area contributed by atoms with Crippen LogP contribution in [-0.4, -0.2) is 32.8 Å². The standard InChI is InChI=1S/C14H26N6/c1-5-15-13(17-14(2,3)4)16-10-12-19-18-11-8-6-7-9-20(11)12/h5-10H2,1-4H3,(H2,15,16,17). The van der Waals surface area contributed by atoms with Gasteiger partial charge in [0.15, 0.2) is 11.8 Å². The molecule has 1 aromatic rings. The SMILES string of the molecule is CCNC(=NCc1nnc2n1CCCC2)NC(C)(C)C. The first kappa shape index (κ1) is 14.8. The van der Waals surface area contributed by atoms with Crippen molar-refractivity contribution in [2.45, 2.75) is 65.6 Å². The molecule has 0 amide bonds. The molecule has 0 saturated heterocycles. The van der Waals surface area contributed by atoms with Crippen molar-refractivity contribution in [3.63, 3.8) is 0 Å². The number of aryl methyl sites for hydroxylation is 1. The molecule has 0 aromatic carbocycles. The smallest absolute Gasteiger partial charge is 0.192 e. The number of hydrogen-bond donors (Lipinski definition) is 2. The number of rotatable bonds is 3. The van der Waals surface area contributed by atoms with Gasteiger partial charge in [-0.1, -0.05) is 0 Å². The molecule has 112 valence electrons. The summed E-state index contributed by atoms with van der Waals surface area (Å²) in [6.07, 6.45) is 3.47. The lowest BCUT2D eigenvalue weighted by Crippen LogP contribution is -2.47. The lowest BCUT2D eigenvalue weighted by atomic mass is 10.1. The molecule has 0 radical (unpaired) electrons. The highest BCUT2D eigenvalue weighted by atomic mass is 15.3. The maximum absolute atomic E-state index is 4.62. The van der Waals surface area contributed by atoms with Gasteiger partial charge < -0.3 is 15.2 Å². The zero-order chi connectivity index (χ0) is 14.6. The average Bonchev–Trinajstić information content (AvgIpc) is 2.78. The average molecular weight is 278 g/mol. The van der Waals surface area contributed by atoms with E-state index in [1.165, 1.54) is 12.8 Å². The van der Waals surface area contributed by atoms with Crippen LogP contribution in [0.25, 0.3) is 0 Å². The fourth-order valence-corrected chi connectivity index (χ4v) is 2.30. The van der Waals surface area contributed by atoms with Gasteiger partial charge in [-0.3, -0.25) is 0 Å².